The summed E-state index contributed by atoms with van der Waals surface area (Å²) in [4.78, 5) is 10.6. The van der Waals surface area contributed by atoms with E-state index in [-0.39, 0.29) is 5.69 Å². The quantitative estimate of drug-likeness (QED) is 0.710. The van der Waals surface area contributed by atoms with E-state index in [1.165, 1.54) is 12.6 Å². The minimum absolute atomic E-state index is 0.00618. The number of nitrogens with one attached hydrogen (secondary N) is 1. The third-order valence-corrected chi connectivity index (χ3v) is 3.38. The van der Waals surface area contributed by atoms with Crippen molar-refractivity contribution < 1.29 is 9.90 Å². The number of aromatic nitrogens is 3. The van der Waals surface area contributed by atoms with Gasteiger partial charge in [0.05, 0.1) is 12.7 Å². The van der Waals surface area contributed by atoms with Gasteiger partial charge in [-0.3, -0.25) is 4.68 Å². The van der Waals surface area contributed by atoms with Crippen molar-refractivity contribution in [1.82, 2.24) is 20.3 Å². The molecule has 1 heterocycles. The lowest BCUT2D eigenvalue weighted by Gasteiger charge is -2.05. The summed E-state index contributed by atoms with van der Waals surface area (Å²) in [6.45, 7) is 7.00. The number of nitrogens with zero attached hydrogens (tertiary/aromatic N) is 3. The van der Waals surface area contributed by atoms with Crippen LogP contribution in [0.2, 0.25) is 0 Å². The second-order valence-electron chi connectivity index (χ2n) is 5.27. The predicted molar refractivity (Wildman–Crippen MR) is 61.7 cm³/mol. The minimum Gasteiger partial charge on any atom is -0.476 e. The van der Waals surface area contributed by atoms with Crippen molar-refractivity contribution in [3.8, 4) is 0 Å². The first-order valence-corrected chi connectivity index (χ1v) is 5.83. The van der Waals surface area contributed by atoms with Gasteiger partial charge in [-0.25, -0.2) is 4.79 Å². The predicted octanol–water partition coefficient (Wildman–Crippen LogP) is 0.612. The number of carboxylic acid groups (broad SMARTS) is 1. The van der Waals surface area contributed by atoms with Crippen molar-refractivity contribution in [3.63, 3.8) is 0 Å². The van der Waals surface area contributed by atoms with Gasteiger partial charge in [0.15, 0.2) is 5.69 Å². The number of carboxylic acids is 1. The largest absolute Gasteiger partial charge is 0.476 e. The van der Waals surface area contributed by atoms with Gasteiger partial charge >= 0.3 is 5.97 Å². The molecule has 17 heavy (non-hydrogen) atoms. The summed E-state index contributed by atoms with van der Waals surface area (Å²) in [6, 6.07) is 0. The first-order chi connectivity index (χ1) is 7.99. The first-order valence-electron chi connectivity index (χ1n) is 5.83. The molecular weight excluding hydrogens is 220 g/mol. The topological polar surface area (TPSA) is 80.0 Å². The van der Waals surface area contributed by atoms with Gasteiger partial charge < -0.3 is 10.4 Å². The van der Waals surface area contributed by atoms with Crippen LogP contribution in [0.5, 0.6) is 0 Å². The van der Waals surface area contributed by atoms with Crippen LogP contribution in [0.4, 0.5) is 0 Å². The van der Waals surface area contributed by atoms with Gasteiger partial charge in [0.2, 0.25) is 0 Å². The molecule has 6 heteroatoms. The smallest absolute Gasteiger partial charge is 0.358 e. The van der Waals surface area contributed by atoms with Gasteiger partial charge in [0.1, 0.15) is 0 Å². The van der Waals surface area contributed by atoms with Crippen molar-refractivity contribution in [1.29, 1.82) is 0 Å². The Morgan fingerprint density at radius 3 is 2.94 bits per heavy atom. The van der Waals surface area contributed by atoms with Crippen LogP contribution in [0, 0.1) is 11.3 Å². The standard InChI is InChI=1S/C11H18N4O2/c1-11(2)5-8(11)6-12-3-4-15-7-9(10(16)17)13-14-15/h7-8,12H,3-6H2,1-2H3,(H,16,17). The zero-order valence-corrected chi connectivity index (χ0v) is 10.2. The third kappa shape index (κ3) is 3.03. The average Bonchev–Trinajstić information content (AvgIpc) is 2.68. The zero-order valence-electron chi connectivity index (χ0n) is 10.2. The van der Waals surface area contributed by atoms with Crippen molar-refractivity contribution in [3.05, 3.63) is 11.9 Å². The molecule has 1 aliphatic rings. The van der Waals surface area contributed by atoms with Crippen LogP contribution in [0.3, 0.4) is 0 Å². The Labute approximate surface area is 100 Å². The second-order valence-corrected chi connectivity index (χ2v) is 5.27. The molecule has 2 rings (SSSR count). The fourth-order valence-corrected chi connectivity index (χ4v) is 1.90. The molecule has 2 N–H and O–H groups in total. The molecule has 0 saturated heterocycles. The van der Waals surface area contributed by atoms with Crippen LogP contribution in [-0.4, -0.2) is 39.2 Å². The molecule has 0 radical (unpaired) electrons. The number of hydrogen-bond donors (Lipinski definition) is 2. The Kier molecular flexibility index (Phi) is 3.15. The summed E-state index contributed by atoms with van der Waals surface area (Å²) in [5, 5.41) is 19.3. The molecule has 1 atom stereocenters. The molecule has 1 aromatic rings. The van der Waals surface area contributed by atoms with Crippen LogP contribution >= 0.6 is 0 Å². The molecular formula is C11H18N4O2. The fourth-order valence-electron chi connectivity index (χ4n) is 1.90. The SMILES string of the molecule is CC1(C)CC1CNCCn1cc(C(=O)O)nn1. The van der Waals surface area contributed by atoms with Crippen LogP contribution in [0.25, 0.3) is 0 Å². The lowest BCUT2D eigenvalue weighted by atomic mass is 10.1. The minimum atomic E-state index is -1.04. The van der Waals surface area contributed by atoms with E-state index in [9.17, 15) is 4.79 Å². The van der Waals surface area contributed by atoms with Crippen LogP contribution in [0.15, 0.2) is 6.20 Å². The molecule has 0 spiro atoms. The molecule has 0 aliphatic heterocycles. The van der Waals surface area contributed by atoms with E-state index in [2.05, 4.69) is 29.5 Å². The molecule has 0 bridgehead atoms. The highest BCUT2D eigenvalue weighted by Gasteiger charge is 2.44. The maximum atomic E-state index is 10.6. The van der Waals surface area contributed by atoms with Crippen LogP contribution in [0.1, 0.15) is 30.8 Å². The van der Waals surface area contributed by atoms with Crippen LogP contribution < -0.4 is 5.32 Å². The van der Waals surface area contributed by atoms with Gasteiger partial charge in [0, 0.05) is 6.54 Å². The molecule has 6 nitrogen and oxygen atoms in total. The Hall–Kier alpha value is -1.43. The van der Waals surface area contributed by atoms with Gasteiger partial charge in [-0.15, -0.1) is 5.10 Å². The highest BCUT2D eigenvalue weighted by Crippen LogP contribution is 2.50. The van der Waals surface area contributed by atoms with E-state index < -0.39 is 5.97 Å². The lowest BCUT2D eigenvalue weighted by Crippen LogP contribution is -2.23. The normalized spacial score (nSPS) is 21.4. The molecule has 1 fully saturated rings. The summed E-state index contributed by atoms with van der Waals surface area (Å²) in [5.74, 6) is -0.267. The molecule has 0 amide bonds. The van der Waals surface area contributed by atoms with Crippen molar-refractivity contribution in [2.45, 2.75) is 26.8 Å². The van der Waals surface area contributed by atoms with E-state index in [1.54, 1.807) is 4.68 Å². The number of carbonyl (C=O) groups is 1. The Bertz CT molecular complexity index is 413. The summed E-state index contributed by atoms with van der Waals surface area (Å²) in [6.07, 6.45) is 2.73. The van der Waals surface area contributed by atoms with Crippen molar-refractivity contribution in [2.24, 2.45) is 11.3 Å². The lowest BCUT2D eigenvalue weighted by molar-refractivity contribution is 0.0690. The van der Waals surface area contributed by atoms with E-state index in [4.69, 9.17) is 5.11 Å². The van der Waals surface area contributed by atoms with Gasteiger partial charge in [0.25, 0.3) is 0 Å². The molecule has 1 saturated carbocycles. The Morgan fingerprint density at radius 1 is 1.71 bits per heavy atom. The van der Waals surface area contributed by atoms with Crippen molar-refractivity contribution in [2.75, 3.05) is 13.1 Å². The number of rotatable bonds is 6. The summed E-state index contributed by atoms with van der Waals surface area (Å²) >= 11 is 0. The van der Waals surface area contributed by atoms with Gasteiger partial charge in [-0.2, -0.15) is 0 Å². The molecule has 94 valence electrons. The third-order valence-electron chi connectivity index (χ3n) is 3.38. The maximum absolute atomic E-state index is 10.6. The monoisotopic (exact) mass is 238 g/mol. The molecule has 1 aliphatic carbocycles. The van der Waals surface area contributed by atoms with Crippen molar-refractivity contribution >= 4 is 5.97 Å². The van der Waals surface area contributed by atoms with Crippen LogP contribution in [-0.2, 0) is 6.54 Å². The highest BCUT2D eigenvalue weighted by molar-refractivity contribution is 5.84. The number of hydrogen-bond acceptors (Lipinski definition) is 4. The fraction of sp³-hybridized carbons (Fsp3) is 0.727. The summed E-state index contributed by atoms with van der Waals surface area (Å²) in [7, 11) is 0. The van der Waals surface area contributed by atoms with E-state index in [0.29, 0.717) is 12.0 Å². The second kappa shape index (κ2) is 4.44. The highest BCUT2D eigenvalue weighted by atomic mass is 16.4. The Balaban J connectivity index is 1.66. The van der Waals surface area contributed by atoms with E-state index >= 15 is 0 Å². The molecule has 0 aromatic carbocycles. The summed E-state index contributed by atoms with van der Waals surface area (Å²) in [5.41, 5.74) is 0.491. The zero-order chi connectivity index (χ0) is 12.5. The Morgan fingerprint density at radius 2 is 2.41 bits per heavy atom. The molecule has 1 unspecified atom stereocenters. The van der Waals surface area contributed by atoms with E-state index in [1.807, 2.05) is 0 Å². The van der Waals surface area contributed by atoms with E-state index in [0.717, 1.165) is 19.0 Å². The van der Waals surface area contributed by atoms with Gasteiger partial charge in [-0.05, 0) is 24.3 Å². The maximum Gasteiger partial charge on any atom is 0.358 e. The molecule has 1 aromatic heterocycles. The number of aromatic carboxylic acids is 1. The summed E-state index contributed by atoms with van der Waals surface area (Å²) < 4.78 is 1.55. The average molecular weight is 238 g/mol. The van der Waals surface area contributed by atoms with Gasteiger partial charge in [-0.1, -0.05) is 19.1 Å². The first kappa shape index (κ1) is 12.0.